The van der Waals surface area contributed by atoms with E-state index in [4.69, 9.17) is 14.2 Å². The van der Waals surface area contributed by atoms with E-state index in [2.05, 4.69) is 4.98 Å². The number of methoxy groups -OCH3 is 1. The van der Waals surface area contributed by atoms with Crippen molar-refractivity contribution in [3.05, 3.63) is 42.0 Å². The van der Waals surface area contributed by atoms with E-state index < -0.39 is 0 Å². The Morgan fingerprint density at radius 3 is 2.70 bits per heavy atom. The highest BCUT2D eigenvalue weighted by Crippen LogP contribution is 2.37. The lowest BCUT2D eigenvalue weighted by Gasteiger charge is -2.18. The molecule has 5 nitrogen and oxygen atoms in total. The molecule has 0 spiro atoms. The normalized spacial score (nSPS) is 13.1. The van der Waals surface area contributed by atoms with Crippen molar-refractivity contribution in [1.29, 1.82) is 0 Å². The minimum atomic E-state index is 0.529. The van der Waals surface area contributed by atoms with E-state index >= 15 is 0 Å². The molecule has 4 rings (SSSR count). The van der Waals surface area contributed by atoms with E-state index in [1.54, 1.807) is 7.11 Å². The van der Waals surface area contributed by atoms with Gasteiger partial charge in [0.15, 0.2) is 17.8 Å². The van der Waals surface area contributed by atoms with Crippen molar-refractivity contribution >= 4 is 17.2 Å². The van der Waals surface area contributed by atoms with Gasteiger partial charge in [0.2, 0.25) is 0 Å². The van der Waals surface area contributed by atoms with E-state index in [1.165, 1.54) is 0 Å². The number of aldehydes is 1. The third-order valence-corrected chi connectivity index (χ3v) is 3.99. The minimum Gasteiger partial charge on any atom is -0.497 e. The Balaban J connectivity index is 1.89. The fourth-order valence-electron chi connectivity index (χ4n) is 2.87. The number of aromatic amines is 1. The highest BCUT2D eigenvalue weighted by molar-refractivity contribution is 6.04. The molecule has 116 valence electrons. The number of ether oxygens (including phenoxy) is 3. The number of hydrogen-bond acceptors (Lipinski definition) is 4. The van der Waals surface area contributed by atoms with Gasteiger partial charge < -0.3 is 19.2 Å². The Hall–Kier alpha value is -2.95. The fraction of sp³-hybridized carbons (Fsp3) is 0.167. The molecule has 5 heteroatoms. The monoisotopic (exact) mass is 309 g/mol. The molecule has 3 aromatic rings. The maximum Gasteiger partial charge on any atom is 0.162 e. The first-order valence-electron chi connectivity index (χ1n) is 7.35. The van der Waals surface area contributed by atoms with Crippen LogP contribution < -0.4 is 14.2 Å². The Morgan fingerprint density at radius 2 is 1.91 bits per heavy atom. The molecule has 0 saturated carbocycles. The van der Waals surface area contributed by atoms with Gasteiger partial charge in [-0.3, -0.25) is 4.79 Å². The quantitative estimate of drug-likeness (QED) is 0.753. The number of fused-ring (bicyclic) bond motifs is 2. The van der Waals surface area contributed by atoms with Crippen LogP contribution in [0.15, 0.2) is 36.4 Å². The number of carbonyl (C=O) groups excluding carboxylic acids is 1. The number of rotatable bonds is 3. The van der Waals surface area contributed by atoms with E-state index in [1.807, 2.05) is 36.4 Å². The zero-order valence-electron chi connectivity index (χ0n) is 12.6. The third kappa shape index (κ3) is 2.21. The van der Waals surface area contributed by atoms with Gasteiger partial charge in [0.25, 0.3) is 0 Å². The van der Waals surface area contributed by atoms with Crippen LogP contribution in [0.2, 0.25) is 0 Å². The predicted molar refractivity (Wildman–Crippen MR) is 86.7 cm³/mol. The average Bonchev–Trinajstić information content (AvgIpc) is 2.98. The van der Waals surface area contributed by atoms with Gasteiger partial charge in [-0.2, -0.15) is 0 Å². The molecule has 0 radical (unpaired) electrons. The molecule has 2 aromatic carbocycles. The van der Waals surface area contributed by atoms with Gasteiger partial charge in [-0.1, -0.05) is 0 Å². The van der Waals surface area contributed by atoms with Crippen LogP contribution in [0.5, 0.6) is 17.2 Å². The first kappa shape index (κ1) is 13.7. The van der Waals surface area contributed by atoms with Crippen LogP contribution in [-0.2, 0) is 0 Å². The summed E-state index contributed by atoms with van der Waals surface area (Å²) in [5.74, 6) is 2.14. The molecule has 1 N–H and O–H groups in total. The number of aromatic nitrogens is 1. The van der Waals surface area contributed by atoms with Gasteiger partial charge in [0, 0.05) is 22.0 Å². The van der Waals surface area contributed by atoms with Crippen LogP contribution in [0.1, 0.15) is 10.4 Å². The molecule has 0 saturated heterocycles. The molecular formula is C18H15NO4. The largest absolute Gasteiger partial charge is 0.497 e. The summed E-state index contributed by atoms with van der Waals surface area (Å²) in [5, 5.41) is 0.837. The summed E-state index contributed by atoms with van der Waals surface area (Å²) >= 11 is 0. The zero-order valence-corrected chi connectivity index (χ0v) is 12.6. The van der Waals surface area contributed by atoms with Gasteiger partial charge in [-0.25, -0.2) is 0 Å². The van der Waals surface area contributed by atoms with Crippen LogP contribution in [0.4, 0.5) is 0 Å². The van der Waals surface area contributed by atoms with E-state index in [0.717, 1.165) is 34.2 Å². The van der Waals surface area contributed by atoms with Crippen molar-refractivity contribution in [3.8, 4) is 28.5 Å². The molecule has 0 unspecified atom stereocenters. The second kappa shape index (κ2) is 5.35. The predicted octanol–water partition coefficient (Wildman–Crippen LogP) is 3.43. The maximum absolute atomic E-state index is 11.6. The number of nitrogens with one attached hydrogen (secondary N) is 1. The Morgan fingerprint density at radius 1 is 1.09 bits per heavy atom. The lowest BCUT2D eigenvalue weighted by Crippen LogP contribution is -2.15. The van der Waals surface area contributed by atoms with Crippen LogP contribution in [0.3, 0.4) is 0 Å². The lowest BCUT2D eigenvalue weighted by atomic mass is 10.1. The third-order valence-electron chi connectivity index (χ3n) is 3.99. The van der Waals surface area contributed by atoms with Gasteiger partial charge in [-0.15, -0.1) is 0 Å². The minimum absolute atomic E-state index is 0.529. The Kier molecular flexibility index (Phi) is 3.19. The first-order valence-corrected chi connectivity index (χ1v) is 7.35. The topological polar surface area (TPSA) is 60.6 Å². The SMILES string of the molecule is COc1ccc2[nH]c(-c3ccc4c(c3)OCCO4)c(C=O)c2c1. The number of benzene rings is 2. The van der Waals surface area contributed by atoms with E-state index in [0.29, 0.717) is 30.3 Å². The summed E-state index contributed by atoms with van der Waals surface area (Å²) in [5.41, 5.74) is 3.14. The molecule has 2 heterocycles. The second-order valence-corrected chi connectivity index (χ2v) is 5.30. The summed E-state index contributed by atoms with van der Waals surface area (Å²) in [6, 6.07) is 11.3. The van der Waals surface area contributed by atoms with Crippen molar-refractivity contribution in [2.24, 2.45) is 0 Å². The highest BCUT2D eigenvalue weighted by atomic mass is 16.6. The standard InChI is InChI=1S/C18H15NO4/c1-21-12-3-4-15-13(9-12)14(10-20)18(19-15)11-2-5-16-17(8-11)23-7-6-22-16/h2-5,8-10,19H,6-7H2,1H3. The molecule has 1 aliphatic rings. The summed E-state index contributed by atoms with van der Waals surface area (Å²) in [6.07, 6.45) is 0.865. The van der Waals surface area contributed by atoms with E-state index in [-0.39, 0.29) is 0 Å². The molecule has 1 aromatic heterocycles. The van der Waals surface area contributed by atoms with Crippen molar-refractivity contribution in [1.82, 2.24) is 4.98 Å². The molecule has 0 atom stereocenters. The smallest absolute Gasteiger partial charge is 0.162 e. The number of carbonyl (C=O) groups is 1. The number of H-pyrrole nitrogens is 1. The Labute approximate surface area is 132 Å². The van der Waals surface area contributed by atoms with Crippen LogP contribution in [-0.4, -0.2) is 31.6 Å². The van der Waals surface area contributed by atoms with Gasteiger partial charge in [-0.05, 0) is 36.4 Å². The highest BCUT2D eigenvalue weighted by Gasteiger charge is 2.17. The van der Waals surface area contributed by atoms with Gasteiger partial charge >= 0.3 is 0 Å². The first-order chi connectivity index (χ1) is 11.3. The molecule has 0 bridgehead atoms. The Bertz CT molecular complexity index is 897. The summed E-state index contributed by atoms with van der Waals surface area (Å²) in [4.78, 5) is 15.0. The van der Waals surface area contributed by atoms with Crippen LogP contribution >= 0.6 is 0 Å². The molecule has 0 aliphatic carbocycles. The maximum atomic E-state index is 11.6. The molecule has 23 heavy (non-hydrogen) atoms. The van der Waals surface area contributed by atoms with Crippen molar-refractivity contribution in [3.63, 3.8) is 0 Å². The van der Waals surface area contributed by atoms with Crippen LogP contribution in [0, 0.1) is 0 Å². The van der Waals surface area contributed by atoms with Crippen LogP contribution in [0.25, 0.3) is 22.2 Å². The average molecular weight is 309 g/mol. The molecule has 1 aliphatic heterocycles. The fourth-order valence-corrected chi connectivity index (χ4v) is 2.87. The molecular weight excluding hydrogens is 294 g/mol. The number of hydrogen-bond donors (Lipinski definition) is 1. The van der Waals surface area contributed by atoms with Crippen molar-refractivity contribution in [2.45, 2.75) is 0 Å². The van der Waals surface area contributed by atoms with Gasteiger partial charge in [0.05, 0.1) is 12.8 Å². The van der Waals surface area contributed by atoms with Gasteiger partial charge in [0.1, 0.15) is 19.0 Å². The van der Waals surface area contributed by atoms with Crippen molar-refractivity contribution in [2.75, 3.05) is 20.3 Å². The van der Waals surface area contributed by atoms with Crippen molar-refractivity contribution < 1.29 is 19.0 Å². The van der Waals surface area contributed by atoms with E-state index in [9.17, 15) is 4.79 Å². The zero-order chi connectivity index (χ0) is 15.8. The molecule has 0 amide bonds. The second-order valence-electron chi connectivity index (χ2n) is 5.30. The summed E-state index contributed by atoms with van der Waals surface area (Å²) in [7, 11) is 1.61. The molecule has 0 fully saturated rings. The summed E-state index contributed by atoms with van der Waals surface area (Å²) < 4.78 is 16.4. The summed E-state index contributed by atoms with van der Waals surface area (Å²) in [6.45, 7) is 1.08. The lowest BCUT2D eigenvalue weighted by molar-refractivity contribution is 0.112.